The highest BCUT2D eigenvalue weighted by molar-refractivity contribution is 7.10. The highest BCUT2D eigenvalue weighted by Gasteiger charge is 2.25. The lowest BCUT2D eigenvalue weighted by molar-refractivity contribution is -0.132. The maximum atomic E-state index is 11.7. The van der Waals surface area contributed by atoms with Crippen LogP contribution in [0.15, 0.2) is 17.5 Å². The summed E-state index contributed by atoms with van der Waals surface area (Å²) in [6.07, 6.45) is 0.546. The van der Waals surface area contributed by atoms with Crippen LogP contribution in [0.5, 0.6) is 0 Å². The molecule has 0 bridgehead atoms. The van der Waals surface area contributed by atoms with E-state index in [-0.39, 0.29) is 18.3 Å². The van der Waals surface area contributed by atoms with Gasteiger partial charge in [0.2, 0.25) is 5.91 Å². The molecule has 1 amide bonds. The van der Waals surface area contributed by atoms with Crippen LogP contribution in [0.3, 0.4) is 0 Å². The molecule has 2 heterocycles. The zero-order valence-electron chi connectivity index (χ0n) is 8.60. The minimum atomic E-state index is 0. The number of likely N-dealkylation sites (N-methyl/N-ethyl adjacent to an activating group) is 1. The first-order valence-electron chi connectivity index (χ1n) is 4.76. The molecule has 1 aromatic heterocycles. The van der Waals surface area contributed by atoms with Gasteiger partial charge in [0, 0.05) is 25.0 Å². The Balaban J connectivity index is 0.00000112. The van der Waals surface area contributed by atoms with E-state index in [1.54, 1.807) is 11.3 Å². The van der Waals surface area contributed by atoms with Crippen LogP contribution in [0.1, 0.15) is 4.88 Å². The molecule has 1 saturated heterocycles. The third-order valence-electron chi connectivity index (χ3n) is 2.61. The van der Waals surface area contributed by atoms with Gasteiger partial charge in [0.15, 0.2) is 0 Å². The second-order valence-electron chi connectivity index (χ2n) is 3.57. The molecule has 15 heavy (non-hydrogen) atoms. The second-order valence-corrected chi connectivity index (χ2v) is 4.61. The summed E-state index contributed by atoms with van der Waals surface area (Å²) in [6, 6.07) is 4.40. The average Bonchev–Trinajstić information content (AvgIpc) is 2.53. The van der Waals surface area contributed by atoms with Gasteiger partial charge in [-0.05, 0) is 11.4 Å². The summed E-state index contributed by atoms with van der Waals surface area (Å²) >= 11 is 1.64. The molecule has 0 spiro atoms. The summed E-state index contributed by atoms with van der Waals surface area (Å²) in [5.41, 5.74) is 0. The van der Waals surface area contributed by atoms with E-state index < -0.39 is 0 Å². The number of halogens is 1. The molecule has 5 heteroatoms. The van der Waals surface area contributed by atoms with E-state index in [2.05, 4.69) is 5.32 Å². The standard InChI is InChI=1S/C10H14N2OS.ClH/c1-12(8-6-11-7-8)10(13)5-9-3-2-4-14-9;/h2-4,8,11H,5-7H2,1H3;1H. The largest absolute Gasteiger partial charge is 0.340 e. The van der Waals surface area contributed by atoms with Gasteiger partial charge in [-0.2, -0.15) is 0 Å². The molecule has 0 aliphatic carbocycles. The quantitative estimate of drug-likeness (QED) is 0.868. The van der Waals surface area contributed by atoms with Gasteiger partial charge < -0.3 is 10.2 Å². The molecule has 0 unspecified atom stereocenters. The van der Waals surface area contributed by atoms with Crippen molar-refractivity contribution in [2.75, 3.05) is 20.1 Å². The number of carbonyl (C=O) groups is 1. The van der Waals surface area contributed by atoms with Gasteiger partial charge >= 0.3 is 0 Å². The Kier molecular flexibility index (Phi) is 4.57. The van der Waals surface area contributed by atoms with Crippen LogP contribution in [-0.2, 0) is 11.2 Å². The van der Waals surface area contributed by atoms with Crippen molar-refractivity contribution in [2.24, 2.45) is 0 Å². The Labute approximate surface area is 99.9 Å². The maximum Gasteiger partial charge on any atom is 0.227 e. The van der Waals surface area contributed by atoms with Crippen LogP contribution in [0.2, 0.25) is 0 Å². The van der Waals surface area contributed by atoms with Gasteiger partial charge in [0.1, 0.15) is 0 Å². The molecule has 3 nitrogen and oxygen atoms in total. The predicted octanol–water partition coefficient (Wildman–Crippen LogP) is 1.14. The Morgan fingerprint density at radius 2 is 2.40 bits per heavy atom. The van der Waals surface area contributed by atoms with Crippen LogP contribution in [0.25, 0.3) is 0 Å². The summed E-state index contributed by atoms with van der Waals surface area (Å²) < 4.78 is 0. The first-order chi connectivity index (χ1) is 6.77. The Hall–Kier alpha value is -0.580. The van der Waals surface area contributed by atoms with Crippen LogP contribution in [-0.4, -0.2) is 37.0 Å². The van der Waals surface area contributed by atoms with E-state index in [0.717, 1.165) is 18.0 Å². The van der Waals surface area contributed by atoms with Gasteiger partial charge in [-0.15, -0.1) is 23.7 Å². The fourth-order valence-corrected chi connectivity index (χ4v) is 2.13. The molecule has 0 atom stereocenters. The van der Waals surface area contributed by atoms with Crippen LogP contribution in [0, 0.1) is 0 Å². The lowest BCUT2D eigenvalue weighted by Gasteiger charge is -2.35. The highest BCUT2D eigenvalue weighted by atomic mass is 35.5. The van der Waals surface area contributed by atoms with Crippen molar-refractivity contribution in [1.29, 1.82) is 0 Å². The number of thiophene rings is 1. The molecule has 0 aromatic carbocycles. The molecule has 1 aliphatic heterocycles. The molecule has 2 rings (SSSR count). The summed E-state index contributed by atoms with van der Waals surface area (Å²) in [5.74, 6) is 0.221. The molecule has 0 saturated carbocycles. The fraction of sp³-hybridized carbons (Fsp3) is 0.500. The van der Waals surface area contributed by atoms with Crippen LogP contribution >= 0.6 is 23.7 Å². The predicted molar refractivity (Wildman–Crippen MR) is 64.7 cm³/mol. The zero-order chi connectivity index (χ0) is 9.97. The molecular weight excluding hydrogens is 232 g/mol. The Morgan fingerprint density at radius 1 is 1.67 bits per heavy atom. The summed E-state index contributed by atoms with van der Waals surface area (Å²) in [5, 5.41) is 5.17. The van der Waals surface area contributed by atoms with Crippen molar-refractivity contribution in [3.63, 3.8) is 0 Å². The number of hydrogen-bond donors (Lipinski definition) is 1. The maximum absolute atomic E-state index is 11.7. The topological polar surface area (TPSA) is 32.3 Å². The molecule has 1 fully saturated rings. The van der Waals surface area contributed by atoms with E-state index >= 15 is 0 Å². The number of nitrogens with zero attached hydrogens (tertiary/aromatic N) is 1. The number of rotatable bonds is 3. The van der Waals surface area contributed by atoms with Gasteiger partial charge in [-0.3, -0.25) is 4.79 Å². The second kappa shape index (κ2) is 5.49. The number of carbonyl (C=O) groups excluding carboxylic acids is 1. The van der Waals surface area contributed by atoms with Crippen LogP contribution in [0.4, 0.5) is 0 Å². The van der Waals surface area contributed by atoms with E-state index in [9.17, 15) is 4.79 Å². The first-order valence-corrected chi connectivity index (χ1v) is 5.64. The molecule has 84 valence electrons. The number of amides is 1. The van der Waals surface area contributed by atoms with Crippen molar-refractivity contribution in [2.45, 2.75) is 12.5 Å². The van der Waals surface area contributed by atoms with E-state index in [0.29, 0.717) is 12.5 Å². The normalized spacial score (nSPS) is 15.3. The average molecular weight is 247 g/mol. The van der Waals surface area contributed by atoms with Gasteiger partial charge in [-0.25, -0.2) is 0 Å². The van der Waals surface area contributed by atoms with Crippen molar-refractivity contribution < 1.29 is 4.79 Å². The monoisotopic (exact) mass is 246 g/mol. The van der Waals surface area contributed by atoms with Crippen LogP contribution < -0.4 is 5.32 Å². The summed E-state index contributed by atoms with van der Waals surface area (Å²) in [7, 11) is 1.89. The van der Waals surface area contributed by atoms with Crippen molar-refractivity contribution in [3.05, 3.63) is 22.4 Å². The van der Waals surface area contributed by atoms with Crippen molar-refractivity contribution in [1.82, 2.24) is 10.2 Å². The molecule has 1 aromatic rings. The SMILES string of the molecule is CN(C(=O)Cc1cccs1)C1CNC1.Cl. The van der Waals surface area contributed by atoms with Crippen molar-refractivity contribution >= 4 is 29.7 Å². The number of hydrogen-bond acceptors (Lipinski definition) is 3. The molecule has 1 N–H and O–H groups in total. The van der Waals surface area contributed by atoms with Gasteiger partial charge in [-0.1, -0.05) is 6.07 Å². The number of nitrogens with one attached hydrogen (secondary N) is 1. The first kappa shape index (κ1) is 12.5. The third-order valence-corrected chi connectivity index (χ3v) is 3.48. The summed E-state index contributed by atoms with van der Waals surface area (Å²) in [4.78, 5) is 14.8. The Bertz CT molecular complexity index is 311. The minimum Gasteiger partial charge on any atom is -0.340 e. The zero-order valence-corrected chi connectivity index (χ0v) is 10.2. The molecular formula is C10H15ClN2OS. The lowest BCUT2D eigenvalue weighted by Crippen LogP contribution is -2.57. The molecule has 1 aliphatic rings. The third kappa shape index (κ3) is 2.93. The van der Waals surface area contributed by atoms with Crippen molar-refractivity contribution in [3.8, 4) is 0 Å². The van der Waals surface area contributed by atoms with Gasteiger partial charge in [0.05, 0.1) is 12.5 Å². The molecule has 0 radical (unpaired) electrons. The minimum absolute atomic E-state index is 0. The van der Waals surface area contributed by atoms with E-state index in [1.165, 1.54) is 0 Å². The van der Waals surface area contributed by atoms with E-state index in [1.807, 2.05) is 29.5 Å². The Morgan fingerprint density at radius 3 is 2.87 bits per heavy atom. The van der Waals surface area contributed by atoms with E-state index in [4.69, 9.17) is 0 Å². The van der Waals surface area contributed by atoms with Gasteiger partial charge in [0.25, 0.3) is 0 Å². The fourth-order valence-electron chi connectivity index (χ4n) is 1.44. The lowest BCUT2D eigenvalue weighted by atomic mass is 10.1. The highest BCUT2D eigenvalue weighted by Crippen LogP contribution is 2.12. The smallest absolute Gasteiger partial charge is 0.227 e. The summed E-state index contributed by atoms with van der Waals surface area (Å²) in [6.45, 7) is 1.87.